The van der Waals surface area contributed by atoms with E-state index in [9.17, 15) is 33.6 Å². The molecule has 4 rings (SSSR count). The molecule has 7 amide bonds. The number of hydrogen-bond donors (Lipinski definition) is 8. The monoisotopic (exact) mass is 949 g/mol. The molecule has 21 heteroatoms. The van der Waals surface area contributed by atoms with Crippen molar-refractivity contribution in [3.63, 3.8) is 0 Å². The predicted octanol–water partition coefficient (Wildman–Crippen LogP) is -3.27. The fraction of sp³-hybridized carbons (Fsp3) is 0.578. The molecule has 0 spiro atoms. The van der Waals surface area contributed by atoms with Crippen LogP contribution in [0.5, 0.6) is 0 Å². The number of benzene rings is 2. The summed E-state index contributed by atoms with van der Waals surface area (Å²) in [6, 6.07) is 10.5. The third kappa shape index (κ3) is 19.8. The first-order chi connectivity index (χ1) is 30.7. The second kappa shape index (κ2) is 28.7. The molecule has 7 atom stereocenters. The molecule has 2 heterocycles. The van der Waals surface area contributed by atoms with Crippen molar-refractivity contribution in [2.75, 3.05) is 25.9 Å². The van der Waals surface area contributed by atoms with E-state index in [4.69, 9.17) is 24.4 Å². The zero-order valence-electron chi connectivity index (χ0n) is 39.0. The Labute approximate surface area is 410 Å². The number of nitrogens with two attached hydrogens (primary N) is 2. The second-order valence-electron chi connectivity index (χ2n) is 17.3. The van der Waals surface area contributed by atoms with E-state index in [1.165, 1.54) is 4.90 Å². The van der Waals surface area contributed by atoms with Crippen LogP contribution in [0.4, 0.5) is 0 Å². The topological polar surface area (TPSA) is 304 Å². The second-order valence-corrected chi connectivity index (χ2v) is 18.7. The molecule has 0 unspecified atom stereocenters. The van der Waals surface area contributed by atoms with Crippen LogP contribution >= 0.6 is 0 Å². The Morgan fingerprint density at radius 3 is 1.50 bits per heavy atom. The van der Waals surface area contributed by atoms with Gasteiger partial charge in [0.2, 0.25) is 41.4 Å². The smallest absolute Gasteiger partial charge is 0.748 e. The Morgan fingerprint density at radius 2 is 1.03 bits per heavy atom. The van der Waals surface area contributed by atoms with Gasteiger partial charge in [-0.05, 0) is 81.0 Å². The minimum absolute atomic E-state index is 0. The average Bonchev–Trinajstić information content (AvgIpc) is 3.74. The van der Waals surface area contributed by atoms with E-state index in [1.54, 1.807) is 26.0 Å². The summed E-state index contributed by atoms with van der Waals surface area (Å²) in [4.78, 5) is 101. The summed E-state index contributed by atoms with van der Waals surface area (Å²) in [6.07, 6.45) is 2.86. The normalized spacial score (nSPS) is 23.9. The molecule has 2 aromatic carbocycles. The number of carbonyl (C=O) groups excluding carboxylic acids is 7. The van der Waals surface area contributed by atoms with Crippen molar-refractivity contribution in [1.82, 2.24) is 36.8 Å². The van der Waals surface area contributed by atoms with Gasteiger partial charge in [-0.25, -0.2) is 8.42 Å². The van der Waals surface area contributed by atoms with Crippen molar-refractivity contribution in [3.8, 4) is 0 Å². The van der Waals surface area contributed by atoms with Crippen LogP contribution in [0.15, 0.2) is 60.7 Å². The Bertz CT molecular complexity index is 2010. The number of amides is 7. The molecule has 2 saturated heterocycles. The summed E-state index contributed by atoms with van der Waals surface area (Å²) in [7, 11) is -3.92. The van der Waals surface area contributed by atoms with Crippen LogP contribution in [0.2, 0.25) is 0 Å². The van der Waals surface area contributed by atoms with Gasteiger partial charge in [-0.2, -0.15) is 0 Å². The molecule has 10 N–H and O–H groups in total. The first kappa shape index (κ1) is 57.7. The van der Waals surface area contributed by atoms with Gasteiger partial charge in [0.15, 0.2) is 0 Å². The molecule has 360 valence electrons. The van der Waals surface area contributed by atoms with Crippen LogP contribution in [0.1, 0.15) is 83.8 Å². The van der Waals surface area contributed by atoms with E-state index in [0.29, 0.717) is 31.9 Å². The maximum Gasteiger partial charge on any atom is 1.00 e. The SMILES string of the molecule is CC(C)C[C@H]1NC(=O)[C@H](Cc2ccccc2)NC(=O)[C@@H]2CCCN2C(=O)[C@@H](CCCN)NC(=O)[C@H](C(C)C)NC(=O)[C@H](CCCN)NC(=O)[C@@H](Cc2ccccc2)NC1=O.CS(=O)(=O)[O-].[Na+]. The number of nitrogens with zero attached hydrogens (tertiary/aromatic N) is 1. The summed E-state index contributed by atoms with van der Waals surface area (Å²) in [5.74, 6) is -4.70. The Hall–Kier alpha value is -4.44. The average molecular weight is 950 g/mol. The van der Waals surface area contributed by atoms with Gasteiger partial charge in [-0.15, -0.1) is 0 Å². The third-order valence-electron chi connectivity index (χ3n) is 10.9. The van der Waals surface area contributed by atoms with Crippen LogP contribution in [0, 0.1) is 11.8 Å². The van der Waals surface area contributed by atoms with E-state index in [-0.39, 0.29) is 87.2 Å². The molecular weight excluding hydrogens is 882 g/mol. The molecule has 19 nitrogen and oxygen atoms in total. The zero-order valence-corrected chi connectivity index (χ0v) is 41.9. The maximum atomic E-state index is 14.3. The van der Waals surface area contributed by atoms with E-state index in [2.05, 4.69) is 31.9 Å². The van der Waals surface area contributed by atoms with Gasteiger partial charge < -0.3 is 52.8 Å². The first-order valence-electron chi connectivity index (χ1n) is 22.2. The Kier molecular flexibility index (Phi) is 25.1. The van der Waals surface area contributed by atoms with Gasteiger partial charge >= 0.3 is 29.6 Å². The van der Waals surface area contributed by atoms with Crippen molar-refractivity contribution in [3.05, 3.63) is 71.8 Å². The molecule has 0 bridgehead atoms. The number of rotatable bonds is 13. The summed E-state index contributed by atoms with van der Waals surface area (Å²) in [5.41, 5.74) is 13.2. The fourth-order valence-electron chi connectivity index (χ4n) is 7.63. The van der Waals surface area contributed by atoms with Crippen LogP contribution in [0.3, 0.4) is 0 Å². The molecule has 0 saturated carbocycles. The van der Waals surface area contributed by atoms with Crippen LogP contribution in [0.25, 0.3) is 0 Å². The minimum atomic E-state index is -3.92. The van der Waals surface area contributed by atoms with Crippen molar-refractivity contribution >= 4 is 51.5 Å². The number of carbonyl (C=O) groups is 7. The van der Waals surface area contributed by atoms with Gasteiger partial charge in [0, 0.05) is 25.6 Å². The van der Waals surface area contributed by atoms with E-state index >= 15 is 0 Å². The van der Waals surface area contributed by atoms with Gasteiger partial charge in [-0.3, -0.25) is 33.6 Å². The van der Waals surface area contributed by atoms with Crippen molar-refractivity contribution in [1.29, 1.82) is 0 Å². The van der Waals surface area contributed by atoms with Gasteiger partial charge in [0.25, 0.3) is 0 Å². The Balaban J connectivity index is 0.00000236. The summed E-state index contributed by atoms with van der Waals surface area (Å²) < 4.78 is 27.2. The number of fused-ring (bicyclic) bond motifs is 1. The predicted molar refractivity (Wildman–Crippen MR) is 243 cm³/mol. The largest absolute Gasteiger partial charge is 1.00 e. The van der Waals surface area contributed by atoms with Crippen LogP contribution < -0.4 is 72.9 Å². The maximum absolute atomic E-state index is 14.3. The quantitative estimate of drug-likeness (QED) is 0.0725. The molecule has 2 aliphatic rings. The third-order valence-corrected chi connectivity index (χ3v) is 10.9. The fourth-order valence-corrected chi connectivity index (χ4v) is 7.63. The van der Waals surface area contributed by atoms with E-state index < -0.39 is 99.7 Å². The summed E-state index contributed by atoms with van der Waals surface area (Å²) in [6.45, 7) is 8.00. The van der Waals surface area contributed by atoms with Crippen LogP contribution in [-0.4, -0.2) is 127 Å². The van der Waals surface area contributed by atoms with Gasteiger partial charge in [0.05, 0.1) is 10.1 Å². The van der Waals surface area contributed by atoms with Crippen molar-refractivity contribution < 1.29 is 76.1 Å². The standard InChI is InChI=1S/C44H65N9O7.CH4O3S.Na/c1-27(2)24-33-39(55)50-34(25-29-14-7-5-8-15-29)40(56)47-31(18-11-21-45)38(54)52-37(28(3)4)43(59)48-32(19-12-22-46)44(60)53-23-13-20-36(53)42(58)51-35(41(57)49-33)26-30-16-9-6-10-17-30;1-5(2,3)4;/h5-10,14-17,27-28,31-37H,11-13,18-26,45-46H2,1-4H3,(H,47,56)(H,48,59)(H,49,57)(H,50,55)(H,51,58)(H,52,54);1H3,(H,2,3,4);/q;;+1/p-1/t31-,32+,33+,34+,35-,36-,37-;;/m0../s1. The summed E-state index contributed by atoms with van der Waals surface area (Å²) in [5, 5.41) is 17.0. The van der Waals surface area contributed by atoms with E-state index in [1.807, 2.05) is 62.4 Å². The van der Waals surface area contributed by atoms with Gasteiger partial charge in [-0.1, -0.05) is 88.4 Å². The molecule has 2 fully saturated rings. The zero-order chi connectivity index (χ0) is 48.3. The number of nitrogens with one attached hydrogen (secondary N) is 6. The molecule has 2 aliphatic heterocycles. The molecule has 2 aromatic rings. The van der Waals surface area contributed by atoms with Gasteiger partial charge in [0.1, 0.15) is 42.3 Å². The summed E-state index contributed by atoms with van der Waals surface area (Å²) >= 11 is 0. The molecule has 66 heavy (non-hydrogen) atoms. The first-order valence-corrected chi connectivity index (χ1v) is 24.0. The molecule has 0 radical (unpaired) electrons. The Morgan fingerprint density at radius 1 is 0.621 bits per heavy atom. The minimum Gasteiger partial charge on any atom is -0.748 e. The number of hydrogen-bond acceptors (Lipinski definition) is 12. The molecule has 0 aliphatic carbocycles. The molecular formula is C45H68N9NaO10S. The molecule has 0 aromatic heterocycles. The van der Waals surface area contributed by atoms with Crippen LogP contribution in [-0.2, 0) is 56.5 Å². The van der Waals surface area contributed by atoms with Crippen molar-refractivity contribution in [2.45, 2.75) is 128 Å². The van der Waals surface area contributed by atoms with Crippen molar-refractivity contribution in [2.24, 2.45) is 23.3 Å². The van der Waals surface area contributed by atoms with E-state index in [0.717, 1.165) is 11.1 Å².